The van der Waals surface area contributed by atoms with Crippen molar-refractivity contribution in [1.82, 2.24) is 25.0 Å². The molecule has 154 valence electrons. The van der Waals surface area contributed by atoms with E-state index in [0.29, 0.717) is 33.3 Å². The van der Waals surface area contributed by atoms with E-state index in [1.807, 2.05) is 24.3 Å². The Labute approximate surface area is 183 Å². The summed E-state index contributed by atoms with van der Waals surface area (Å²) < 4.78 is 13.4. The first-order valence-corrected chi connectivity index (χ1v) is 10.0. The van der Waals surface area contributed by atoms with Crippen LogP contribution in [-0.2, 0) is 6.61 Å². The number of nitrogens with zero attached hydrogens (tertiary/aromatic N) is 5. The minimum absolute atomic E-state index is 0.184. The van der Waals surface area contributed by atoms with Crippen LogP contribution in [0.1, 0.15) is 21.7 Å². The number of aromatic nitrogens is 5. The predicted molar refractivity (Wildman–Crippen MR) is 114 cm³/mol. The summed E-state index contributed by atoms with van der Waals surface area (Å²) in [6.07, 6.45) is 0. The summed E-state index contributed by atoms with van der Waals surface area (Å²) in [5.41, 5.74) is 2.07. The Morgan fingerprint density at radius 1 is 1.16 bits per heavy atom. The van der Waals surface area contributed by atoms with Crippen LogP contribution in [0.2, 0.25) is 0 Å². The monoisotopic (exact) mass is 479 g/mol. The first-order valence-electron chi connectivity index (χ1n) is 9.23. The number of ether oxygens (including phenoxy) is 1. The van der Waals surface area contributed by atoms with Crippen molar-refractivity contribution in [1.29, 1.82) is 0 Å². The maximum absolute atomic E-state index is 11.2. The van der Waals surface area contributed by atoms with Gasteiger partial charge in [0.2, 0.25) is 11.7 Å². The van der Waals surface area contributed by atoms with Crippen LogP contribution in [-0.4, -0.2) is 36.0 Å². The second-order valence-corrected chi connectivity index (χ2v) is 7.69. The summed E-state index contributed by atoms with van der Waals surface area (Å²) in [4.78, 5) is 11.2. The van der Waals surface area contributed by atoms with Gasteiger partial charge in [-0.3, -0.25) is 0 Å². The molecule has 10 heteroatoms. The molecule has 1 N–H and O–H groups in total. The largest absolute Gasteiger partial charge is 0.478 e. The Bertz CT molecular complexity index is 1460. The number of halogens is 1. The molecule has 0 aliphatic rings. The molecule has 9 nitrogen and oxygen atoms in total. The molecule has 0 spiro atoms. The molecule has 0 bridgehead atoms. The van der Waals surface area contributed by atoms with Gasteiger partial charge in [0.1, 0.15) is 12.4 Å². The number of carboxylic acid groups (broad SMARTS) is 1. The maximum Gasteiger partial charge on any atom is 0.335 e. The summed E-state index contributed by atoms with van der Waals surface area (Å²) in [7, 11) is 0. The summed E-state index contributed by atoms with van der Waals surface area (Å²) >= 11 is 3.41. The van der Waals surface area contributed by atoms with Crippen molar-refractivity contribution >= 4 is 38.3 Å². The third-order valence-corrected chi connectivity index (χ3v) is 5.49. The SMILES string of the molecule is Cc1cc(-c2nnc3c4ccccc4c(OCc4ccc(C(=O)O)cc4Br)nn23)no1. The number of carbonyl (C=O) groups is 1. The summed E-state index contributed by atoms with van der Waals surface area (Å²) in [6.45, 7) is 1.98. The molecule has 0 aliphatic carbocycles. The molecule has 3 heterocycles. The van der Waals surface area contributed by atoms with Gasteiger partial charge in [0.05, 0.1) is 5.56 Å². The van der Waals surface area contributed by atoms with Crippen LogP contribution >= 0.6 is 15.9 Å². The first kappa shape index (κ1) is 19.2. The first-order chi connectivity index (χ1) is 15.0. The lowest BCUT2D eigenvalue weighted by molar-refractivity contribution is 0.0696. The highest BCUT2D eigenvalue weighted by molar-refractivity contribution is 9.10. The van der Waals surface area contributed by atoms with Gasteiger partial charge in [-0.05, 0) is 25.1 Å². The number of fused-ring (bicyclic) bond motifs is 3. The average Bonchev–Trinajstić information content (AvgIpc) is 3.38. The number of rotatable bonds is 5. The van der Waals surface area contributed by atoms with Gasteiger partial charge in [0.15, 0.2) is 11.3 Å². The number of hydrogen-bond acceptors (Lipinski definition) is 7. The molecule has 5 aromatic rings. The van der Waals surface area contributed by atoms with Gasteiger partial charge in [-0.25, -0.2) is 4.79 Å². The highest BCUT2D eigenvalue weighted by Crippen LogP contribution is 2.30. The van der Waals surface area contributed by atoms with E-state index in [1.54, 1.807) is 29.6 Å². The molecule has 0 aliphatic heterocycles. The molecule has 0 saturated carbocycles. The van der Waals surface area contributed by atoms with Gasteiger partial charge in [0.25, 0.3) is 0 Å². The van der Waals surface area contributed by atoms with Crippen LogP contribution < -0.4 is 4.74 Å². The van der Waals surface area contributed by atoms with Crippen molar-refractivity contribution in [3.05, 3.63) is 69.9 Å². The summed E-state index contributed by atoms with van der Waals surface area (Å²) in [5, 5.41) is 27.9. The smallest absolute Gasteiger partial charge is 0.335 e. The fourth-order valence-corrected chi connectivity index (χ4v) is 3.73. The Balaban J connectivity index is 1.58. The van der Waals surface area contributed by atoms with Crippen LogP contribution in [0.25, 0.3) is 27.9 Å². The zero-order valence-electron chi connectivity index (χ0n) is 16.1. The Hall–Kier alpha value is -3.79. The van der Waals surface area contributed by atoms with Crippen molar-refractivity contribution in [2.45, 2.75) is 13.5 Å². The van der Waals surface area contributed by atoms with E-state index in [2.05, 4.69) is 36.4 Å². The van der Waals surface area contributed by atoms with E-state index in [1.165, 1.54) is 6.07 Å². The van der Waals surface area contributed by atoms with Crippen molar-refractivity contribution < 1.29 is 19.2 Å². The van der Waals surface area contributed by atoms with E-state index in [4.69, 9.17) is 14.4 Å². The number of benzene rings is 2. The van der Waals surface area contributed by atoms with Crippen LogP contribution in [0.4, 0.5) is 0 Å². The molecule has 0 amide bonds. The highest BCUT2D eigenvalue weighted by Gasteiger charge is 2.18. The van der Waals surface area contributed by atoms with Crippen LogP contribution in [0.5, 0.6) is 5.88 Å². The van der Waals surface area contributed by atoms with Gasteiger partial charge in [-0.2, -0.15) is 4.52 Å². The minimum atomic E-state index is -0.991. The summed E-state index contributed by atoms with van der Waals surface area (Å²) in [6, 6.07) is 14.2. The molecule has 3 aromatic heterocycles. The molecule has 0 saturated heterocycles. The van der Waals surface area contributed by atoms with E-state index in [9.17, 15) is 4.79 Å². The van der Waals surface area contributed by atoms with Gasteiger partial charge in [0, 0.05) is 26.9 Å². The van der Waals surface area contributed by atoms with Crippen molar-refractivity contribution in [3.8, 4) is 17.4 Å². The van der Waals surface area contributed by atoms with Gasteiger partial charge >= 0.3 is 5.97 Å². The molecule has 2 aromatic carbocycles. The van der Waals surface area contributed by atoms with Crippen LogP contribution in [0, 0.1) is 6.92 Å². The minimum Gasteiger partial charge on any atom is -0.478 e. The third-order valence-electron chi connectivity index (χ3n) is 4.75. The fourth-order valence-electron chi connectivity index (χ4n) is 3.23. The molecule has 5 rings (SSSR count). The van der Waals surface area contributed by atoms with Crippen molar-refractivity contribution in [2.24, 2.45) is 0 Å². The van der Waals surface area contributed by atoms with E-state index in [-0.39, 0.29) is 12.2 Å². The Morgan fingerprint density at radius 2 is 1.97 bits per heavy atom. The molecule has 31 heavy (non-hydrogen) atoms. The normalized spacial score (nSPS) is 11.3. The highest BCUT2D eigenvalue weighted by atomic mass is 79.9. The van der Waals surface area contributed by atoms with Gasteiger partial charge in [-0.15, -0.1) is 15.3 Å². The molecule has 0 unspecified atom stereocenters. The van der Waals surface area contributed by atoms with Gasteiger partial charge < -0.3 is 14.4 Å². The van der Waals surface area contributed by atoms with Crippen LogP contribution in [0.15, 0.2) is 57.5 Å². The number of hydrogen-bond donors (Lipinski definition) is 1. The quantitative estimate of drug-likeness (QED) is 0.396. The average molecular weight is 480 g/mol. The lowest BCUT2D eigenvalue weighted by Gasteiger charge is -2.11. The summed E-state index contributed by atoms with van der Waals surface area (Å²) in [5.74, 6) is 0.487. The zero-order valence-corrected chi connectivity index (χ0v) is 17.7. The number of carboxylic acids is 1. The molecule has 0 atom stereocenters. The van der Waals surface area contributed by atoms with E-state index < -0.39 is 5.97 Å². The lowest BCUT2D eigenvalue weighted by atomic mass is 10.1. The topological polar surface area (TPSA) is 116 Å². The Kier molecular flexibility index (Phi) is 4.63. The second kappa shape index (κ2) is 7.47. The molecule has 0 radical (unpaired) electrons. The third kappa shape index (κ3) is 3.40. The maximum atomic E-state index is 11.2. The van der Waals surface area contributed by atoms with E-state index >= 15 is 0 Å². The van der Waals surface area contributed by atoms with E-state index in [0.717, 1.165) is 16.3 Å². The molecular formula is C21H14BrN5O4. The molecular weight excluding hydrogens is 466 g/mol. The Morgan fingerprint density at radius 3 is 2.68 bits per heavy atom. The van der Waals surface area contributed by atoms with Crippen LogP contribution in [0.3, 0.4) is 0 Å². The van der Waals surface area contributed by atoms with Gasteiger partial charge in [-0.1, -0.05) is 45.4 Å². The predicted octanol–water partition coefficient (Wildman–Crippen LogP) is 4.28. The number of aryl methyl sites for hydroxylation is 1. The zero-order chi connectivity index (χ0) is 21.5. The molecule has 0 fully saturated rings. The fraction of sp³-hybridized carbons (Fsp3) is 0.0952. The van der Waals surface area contributed by atoms with Crippen molar-refractivity contribution in [2.75, 3.05) is 0 Å². The standard InChI is InChI=1S/C21H14BrN5O4/c1-11-8-17(26-31-11)19-24-23-18-14-4-2-3-5-15(14)20(25-27(18)19)30-10-13-7-6-12(21(28)29)9-16(13)22/h2-9H,10H2,1H3,(H,28,29). The number of aromatic carboxylic acids is 1. The van der Waals surface area contributed by atoms with Crippen molar-refractivity contribution in [3.63, 3.8) is 0 Å². The second-order valence-electron chi connectivity index (χ2n) is 6.83. The lowest BCUT2D eigenvalue weighted by Crippen LogP contribution is -2.04.